The summed E-state index contributed by atoms with van der Waals surface area (Å²) in [4.78, 5) is 0. The van der Waals surface area contributed by atoms with E-state index in [2.05, 4.69) is 0 Å². The molecule has 1 saturated carbocycles. The van der Waals surface area contributed by atoms with Crippen LogP contribution in [-0.2, 0) is 0 Å². The van der Waals surface area contributed by atoms with Crippen LogP contribution in [0.4, 0.5) is 13.2 Å². The molecule has 3 rings (SSSR count). The van der Waals surface area contributed by atoms with Gasteiger partial charge in [-0.25, -0.2) is 13.2 Å². The van der Waals surface area contributed by atoms with Crippen LogP contribution in [0.1, 0.15) is 29.5 Å². The summed E-state index contributed by atoms with van der Waals surface area (Å²) >= 11 is 0. The number of nitrogens with two attached hydrogens (primary N) is 1. The van der Waals surface area contributed by atoms with Crippen molar-refractivity contribution in [2.75, 3.05) is 0 Å². The van der Waals surface area contributed by atoms with E-state index >= 15 is 0 Å². The van der Waals surface area contributed by atoms with Gasteiger partial charge in [0.05, 0.1) is 0 Å². The number of rotatable bonds is 3. The molecule has 0 spiro atoms. The molecule has 2 aromatic carbocycles. The third-order valence-electron chi connectivity index (χ3n) is 3.91. The third kappa shape index (κ3) is 2.31. The van der Waals surface area contributed by atoms with Crippen molar-refractivity contribution in [3.05, 3.63) is 71.0 Å². The molecule has 0 heterocycles. The molecular weight excluding hydrogens is 263 g/mol. The van der Waals surface area contributed by atoms with E-state index in [1.54, 1.807) is 0 Å². The molecule has 3 unspecified atom stereocenters. The second-order valence-corrected chi connectivity index (χ2v) is 5.23. The zero-order valence-electron chi connectivity index (χ0n) is 10.7. The maximum Gasteiger partial charge on any atom is 0.133 e. The predicted molar refractivity (Wildman–Crippen MR) is 70.5 cm³/mol. The maximum absolute atomic E-state index is 13.7. The Morgan fingerprint density at radius 2 is 1.60 bits per heavy atom. The maximum atomic E-state index is 13.7. The monoisotopic (exact) mass is 277 g/mol. The Kier molecular flexibility index (Phi) is 3.26. The Balaban J connectivity index is 1.84. The molecule has 0 amide bonds. The molecule has 1 nitrogen and oxygen atoms in total. The molecule has 3 atom stereocenters. The average Bonchev–Trinajstić information content (AvgIpc) is 3.18. The molecule has 0 aliphatic heterocycles. The van der Waals surface area contributed by atoms with Gasteiger partial charge in [-0.15, -0.1) is 0 Å². The van der Waals surface area contributed by atoms with E-state index < -0.39 is 23.5 Å². The second-order valence-electron chi connectivity index (χ2n) is 5.23. The highest BCUT2D eigenvalue weighted by Gasteiger charge is 2.44. The molecule has 20 heavy (non-hydrogen) atoms. The molecule has 2 aromatic rings. The molecule has 1 aliphatic rings. The van der Waals surface area contributed by atoms with Crippen LogP contribution in [0.25, 0.3) is 0 Å². The normalized spacial score (nSPS) is 22.6. The first-order chi connectivity index (χ1) is 9.58. The largest absolute Gasteiger partial charge is 0.324 e. The van der Waals surface area contributed by atoms with E-state index in [4.69, 9.17) is 5.73 Å². The smallest absolute Gasteiger partial charge is 0.133 e. The standard InChI is InChI=1S/C16H14F3N/c17-10-6-13(18)15(14(19)7-10)16(20)12-8-11(12)9-4-2-1-3-5-9/h1-7,11-12,16H,8,20H2. The molecule has 104 valence electrons. The first kappa shape index (κ1) is 13.2. The van der Waals surface area contributed by atoms with Crippen molar-refractivity contribution < 1.29 is 13.2 Å². The lowest BCUT2D eigenvalue weighted by Gasteiger charge is -2.14. The summed E-state index contributed by atoms with van der Waals surface area (Å²) in [5.41, 5.74) is 6.89. The van der Waals surface area contributed by atoms with Crippen LogP contribution >= 0.6 is 0 Å². The van der Waals surface area contributed by atoms with Crippen molar-refractivity contribution in [2.45, 2.75) is 18.4 Å². The summed E-state index contributed by atoms with van der Waals surface area (Å²) in [6, 6.07) is 10.3. The van der Waals surface area contributed by atoms with Crippen LogP contribution in [0.3, 0.4) is 0 Å². The molecule has 0 bridgehead atoms. The zero-order valence-corrected chi connectivity index (χ0v) is 10.7. The van der Waals surface area contributed by atoms with Gasteiger partial charge in [-0.3, -0.25) is 0 Å². The fourth-order valence-electron chi connectivity index (χ4n) is 2.78. The van der Waals surface area contributed by atoms with Crippen LogP contribution in [0.2, 0.25) is 0 Å². The summed E-state index contributed by atoms with van der Waals surface area (Å²) in [5.74, 6) is -2.53. The summed E-state index contributed by atoms with van der Waals surface area (Å²) in [6.45, 7) is 0. The Morgan fingerprint density at radius 3 is 2.20 bits per heavy atom. The van der Waals surface area contributed by atoms with Crippen LogP contribution in [-0.4, -0.2) is 0 Å². The van der Waals surface area contributed by atoms with Crippen LogP contribution in [0, 0.1) is 23.4 Å². The number of hydrogen-bond acceptors (Lipinski definition) is 1. The van der Waals surface area contributed by atoms with Gasteiger partial charge in [-0.1, -0.05) is 30.3 Å². The average molecular weight is 277 g/mol. The Labute approximate surface area is 115 Å². The van der Waals surface area contributed by atoms with E-state index in [0.29, 0.717) is 12.1 Å². The minimum Gasteiger partial charge on any atom is -0.324 e. The SMILES string of the molecule is NC(c1c(F)cc(F)cc1F)C1CC1c1ccccc1. The minimum atomic E-state index is -0.925. The van der Waals surface area contributed by atoms with E-state index in [-0.39, 0.29) is 17.4 Å². The molecule has 0 radical (unpaired) electrons. The van der Waals surface area contributed by atoms with E-state index in [1.165, 1.54) is 0 Å². The number of halogens is 3. The van der Waals surface area contributed by atoms with Crippen LogP contribution in [0.15, 0.2) is 42.5 Å². The Morgan fingerprint density at radius 1 is 1.00 bits per heavy atom. The quantitative estimate of drug-likeness (QED) is 0.904. The predicted octanol–water partition coefficient (Wildman–Crippen LogP) is 3.91. The van der Waals surface area contributed by atoms with Gasteiger partial charge < -0.3 is 5.73 Å². The van der Waals surface area contributed by atoms with Crippen LogP contribution in [0.5, 0.6) is 0 Å². The molecule has 0 aromatic heterocycles. The lowest BCUT2D eigenvalue weighted by atomic mass is 9.98. The van der Waals surface area contributed by atoms with E-state index in [1.807, 2.05) is 30.3 Å². The fourth-order valence-corrected chi connectivity index (χ4v) is 2.78. The highest BCUT2D eigenvalue weighted by atomic mass is 19.1. The molecular formula is C16H14F3N. The van der Waals surface area contributed by atoms with Gasteiger partial charge in [0.15, 0.2) is 0 Å². The topological polar surface area (TPSA) is 26.0 Å². The van der Waals surface area contributed by atoms with Gasteiger partial charge in [0.2, 0.25) is 0 Å². The summed E-state index contributed by atoms with van der Waals surface area (Å²) < 4.78 is 40.3. The Hall–Kier alpha value is -1.81. The van der Waals surface area contributed by atoms with Crippen molar-refractivity contribution >= 4 is 0 Å². The molecule has 1 fully saturated rings. The zero-order chi connectivity index (χ0) is 14.3. The van der Waals surface area contributed by atoms with Gasteiger partial charge in [0.25, 0.3) is 0 Å². The van der Waals surface area contributed by atoms with Crippen molar-refractivity contribution in [1.29, 1.82) is 0 Å². The number of hydrogen-bond donors (Lipinski definition) is 1. The Bertz CT molecular complexity index is 604. The summed E-state index contributed by atoms with van der Waals surface area (Å²) in [5, 5.41) is 0. The van der Waals surface area contributed by atoms with E-state index in [9.17, 15) is 13.2 Å². The van der Waals surface area contributed by atoms with Gasteiger partial charge in [-0.05, 0) is 23.8 Å². The lowest BCUT2D eigenvalue weighted by molar-refractivity contribution is 0.483. The van der Waals surface area contributed by atoms with Gasteiger partial charge >= 0.3 is 0 Å². The van der Waals surface area contributed by atoms with Crippen LogP contribution < -0.4 is 5.73 Å². The van der Waals surface area contributed by atoms with Crippen molar-refractivity contribution in [3.63, 3.8) is 0 Å². The number of benzene rings is 2. The highest BCUT2D eigenvalue weighted by Crippen LogP contribution is 2.53. The van der Waals surface area contributed by atoms with Crippen molar-refractivity contribution in [1.82, 2.24) is 0 Å². The van der Waals surface area contributed by atoms with Gasteiger partial charge in [0, 0.05) is 23.7 Å². The molecule has 2 N–H and O–H groups in total. The third-order valence-corrected chi connectivity index (χ3v) is 3.91. The molecule has 1 aliphatic carbocycles. The first-order valence-corrected chi connectivity index (χ1v) is 6.53. The summed E-state index contributed by atoms with van der Waals surface area (Å²) in [6.07, 6.45) is 0.793. The lowest BCUT2D eigenvalue weighted by Crippen LogP contribution is -2.17. The summed E-state index contributed by atoms with van der Waals surface area (Å²) in [7, 11) is 0. The highest BCUT2D eigenvalue weighted by molar-refractivity contribution is 5.31. The van der Waals surface area contributed by atoms with Crippen molar-refractivity contribution in [3.8, 4) is 0 Å². The van der Waals surface area contributed by atoms with Crippen molar-refractivity contribution in [2.24, 2.45) is 11.7 Å². The van der Waals surface area contributed by atoms with E-state index in [0.717, 1.165) is 12.0 Å². The molecule has 4 heteroatoms. The minimum absolute atomic E-state index is 0.00754. The molecule has 0 saturated heterocycles. The fraction of sp³-hybridized carbons (Fsp3) is 0.250. The second kappa shape index (κ2) is 4.94. The van der Waals surface area contributed by atoms with Gasteiger partial charge in [-0.2, -0.15) is 0 Å². The first-order valence-electron chi connectivity index (χ1n) is 6.53. The van der Waals surface area contributed by atoms with Gasteiger partial charge in [0.1, 0.15) is 17.5 Å².